The van der Waals surface area contributed by atoms with Crippen LogP contribution in [0.25, 0.3) is 0 Å². The summed E-state index contributed by atoms with van der Waals surface area (Å²) in [5.41, 5.74) is 5.37. The molecule has 0 aromatic carbocycles. The number of carbonyl (C=O) groups excluding carboxylic acids is 1. The average molecular weight is 215 g/mol. The van der Waals surface area contributed by atoms with Crippen LogP contribution in [-0.4, -0.2) is 35.8 Å². The number of carbonyl (C=O) groups is 1. The normalized spacial score (nSPS) is 18.9. The van der Waals surface area contributed by atoms with Crippen molar-refractivity contribution in [2.75, 3.05) is 6.54 Å². The standard InChI is InChI=1S/C9H18BNO4/c11-6-8(5-10(13)14)15-9(12)7-3-1-2-4-7/h7-8,13-14H,1-6,11H2/t8-/m0/s1. The Morgan fingerprint density at radius 3 is 2.53 bits per heavy atom. The SMILES string of the molecule is NC[C@H](CB(O)O)OC(=O)C1CCCC1. The molecule has 0 aromatic heterocycles. The molecule has 1 aliphatic rings. The summed E-state index contributed by atoms with van der Waals surface area (Å²) in [5.74, 6) is -0.265. The molecular formula is C9H18BNO4. The maximum atomic E-state index is 11.6. The van der Waals surface area contributed by atoms with Gasteiger partial charge in [0.05, 0.1) is 5.92 Å². The summed E-state index contributed by atoms with van der Waals surface area (Å²) in [5, 5.41) is 17.5. The number of nitrogens with two attached hydrogens (primary N) is 1. The highest BCUT2D eigenvalue weighted by molar-refractivity contribution is 6.41. The molecule has 1 aliphatic carbocycles. The molecule has 1 saturated carbocycles. The Morgan fingerprint density at radius 1 is 1.47 bits per heavy atom. The zero-order valence-electron chi connectivity index (χ0n) is 8.76. The van der Waals surface area contributed by atoms with Gasteiger partial charge in [-0.25, -0.2) is 0 Å². The second-order valence-electron chi connectivity index (χ2n) is 3.99. The van der Waals surface area contributed by atoms with Gasteiger partial charge in [0, 0.05) is 12.9 Å². The van der Waals surface area contributed by atoms with E-state index in [1.807, 2.05) is 0 Å². The lowest BCUT2D eigenvalue weighted by molar-refractivity contribution is -0.152. The van der Waals surface area contributed by atoms with Crippen molar-refractivity contribution >= 4 is 13.1 Å². The Kier molecular flexibility index (Phi) is 5.07. The van der Waals surface area contributed by atoms with Crippen LogP contribution in [0.1, 0.15) is 25.7 Å². The summed E-state index contributed by atoms with van der Waals surface area (Å²) in [7, 11) is -1.48. The third kappa shape index (κ3) is 4.19. The van der Waals surface area contributed by atoms with Crippen molar-refractivity contribution in [3.8, 4) is 0 Å². The minimum absolute atomic E-state index is 0.0186. The molecule has 0 unspecified atom stereocenters. The van der Waals surface area contributed by atoms with Crippen molar-refractivity contribution in [3.05, 3.63) is 0 Å². The zero-order valence-corrected chi connectivity index (χ0v) is 8.76. The molecule has 1 rings (SSSR count). The van der Waals surface area contributed by atoms with Gasteiger partial charge >= 0.3 is 13.1 Å². The Labute approximate surface area is 89.7 Å². The van der Waals surface area contributed by atoms with Crippen LogP contribution in [0.4, 0.5) is 0 Å². The van der Waals surface area contributed by atoms with Crippen LogP contribution in [0, 0.1) is 5.92 Å². The monoisotopic (exact) mass is 215 g/mol. The molecule has 5 nitrogen and oxygen atoms in total. The van der Waals surface area contributed by atoms with Crippen molar-refractivity contribution in [3.63, 3.8) is 0 Å². The molecule has 0 amide bonds. The van der Waals surface area contributed by atoms with Gasteiger partial charge in [0.25, 0.3) is 0 Å². The molecule has 0 aliphatic heterocycles. The first-order chi connectivity index (χ1) is 7.13. The zero-order chi connectivity index (χ0) is 11.3. The van der Waals surface area contributed by atoms with E-state index in [0.717, 1.165) is 25.7 Å². The summed E-state index contributed by atoms with van der Waals surface area (Å²) >= 11 is 0. The number of esters is 1. The van der Waals surface area contributed by atoms with E-state index in [0.29, 0.717) is 0 Å². The van der Waals surface area contributed by atoms with Crippen LogP contribution in [0.15, 0.2) is 0 Å². The Balaban J connectivity index is 2.33. The topological polar surface area (TPSA) is 92.8 Å². The number of rotatable bonds is 5. The van der Waals surface area contributed by atoms with E-state index in [2.05, 4.69) is 0 Å². The predicted molar refractivity (Wildman–Crippen MR) is 55.9 cm³/mol. The molecule has 1 fully saturated rings. The molecule has 0 spiro atoms. The van der Waals surface area contributed by atoms with Crippen LogP contribution in [0.5, 0.6) is 0 Å². The van der Waals surface area contributed by atoms with Crippen molar-refractivity contribution in [2.45, 2.75) is 38.1 Å². The van der Waals surface area contributed by atoms with Crippen LogP contribution in [0.3, 0.4) is 0 Å². The van der Waals surface area contributed by atoms with E-state index in [-0.39, 0.29) is 24.8 Å². The molecule has 15 heavy (non-hydrogen) atoms. The lowest BCUT2D eigenvalue weighted by Gasteiger charge is -2.17. The van der Waals surface area contributed by atoms with Gasteiger partial charge in [0.15, 0.2) is 0 Å². The average Bonchev–Trinajstić information content (AvgIpc) is 2.68. The molecule has 86 valence electrons. The van der Waals surface area contributed by atoms with Gasteiger partial charge in [-0.2, -0.15) is 0 Å². The van der Waals surface area contributed by atoms with Crippen LogP contribution < -0.4 is 5.73 Å². The Morgan fingerprint density at radius 2 is 2.07 bits per heavy atom. The molecule has 0 bridgehead atoms. The van der Waals surface area contributed by atoms with Crippen molar-refractivity contribution in [1.29, 1.82) is 0 Å². The largest absolute Gasteiger partial charge is 0.461 e. The number of hydrogen-bond donors (Lipinski definition) is 3. The Hall–Kier alpha value is -0.585. The van der Waals surface area contributed by atoms with Crippen molar-refractivity contribution in [2.24, 2.45) is 11.7 Å². The first-order valence-electron chi connectivity index (χ1n) is 5.40. The maximum absolute atomic E-state index is 11.6. The molecule has 0 saturated heterocycles. The summed E-state index contributed by atoms with van der Waals surface area (Å²) in [6.07, 6.45) is 3.27. The minimum Gasteiger partial charge on any atom is -0.461 e. The van der Waals surface area contributed by atoms with E-state index in [9.17, 15) is 4.79 Å². The van der Waals surface area contributed by atoms with Gasteiger partial charge in [0.2, 0.25) is 0 Å². The molecule has 0 aromatic rings. The maximum Gasteiger partial charge on any atom is 0.455 e. The van der Waals surface area contributed by atoms with Crippen LogP contribution in [0.2, 0.25) is 6.32 Å². The molecule has 1 atom stereocenters. The van der Waals surface area contributed by atoms with Crippen LogP contribution >= 0.6 is 0 Å². The first-order valence-corrected chi connectivity index (χ1v) is 5.40. The summed E-state index contributed by atoms with van der Waals surface area (Å²) in [6, 6.07) is 0. The second-order valence-corrected chi connectivity index (χ2v) is 3.99. The molecule has 4 N–H and O–H groups in total. The van der Waals surface area contributed by atoms with Crippen molar-refractivity contribution < 1.29 is 19.6 Å². The van der Waals surface area contributed by atoms with Gasteiger partial charge in [-0.05, 0) is 12.8 Å². The van der Waals surface area contributed by atoms with Crippen LogP contribution in [-0.2, 0) is 9.53 Å². The third-order valence-electron chi connectivity index (χ3n) is 2.71. The van der Waals surface area contributed by atoms with Gasteiger partial charge in [-0.3, -0.25) is 4.79 Å². The Bertz CT molecular complexity index is 206. The van der Waals surface area contributed by atoms with E-state index in [1.165, 1.54) is 0 Å². The fourth-order valence-electron chi connectivity index (χ4n) is 1.85. The number of hydrogen-bond acceptors (Lipinski definition) is 5. The smallest absolute Gasteiger partial charge is 0.455 e. The minimum atomic E-state index is -1.48. The fourth-order valence-corrected chi connectivity index (χ4v) is 1.85. The third-order valence-corrected chi connectivity index (χ3v) is 2.71. The number of ether oxygens (including phenoxy) is 1. The summed E-state index contributed by atoms with van der Waals surface area (Å²) in [6.45, 7) is 0.121. The van der Waals surface area contributed by atoms with E-state index >= 15 is 0 Å². The van der Waals surface area contributed by atoms with Gasteiger partial charge in [-0.1, -0.05) is 12.8 Å². The summed E-state index contributed by atoms with van der Waals surface area (Å²) in [4.78, 5) is 11.6. The highest BCUT2D eigenvalue weighted by Crippen LogP contribution is 2.26. The van der Waals surface area contributed by atoms with Gasteiger partial charge in [-0.15, -0.1) is 0 Å². The fraction of sp³-hybridized carbons (Fsp3) is 0.889. The summed E-state index contributed by atoms with van der Waals surface area (Å²) < 4.78 is 5.11. The van der Waals surface area contributed by atoms with Crippen molar-refractivity contribution in [1.82, 2.24) is 0 Å². The molecule has 0 radical (unpaired) electrons. The van der Waals surface area contributed by atoms with E-state index in [4.69, 9.17) is 20.5 Å². The van der Waals surface area contributed by atoms with Gasteiger partial charge in [0.1, 0.15) is 6.10 Å². The highest BCUT2D eigenvalue weighted by Gasteiger charge is 2.27. The van der Waals surface area contributed by atoms with E-state index in [1.54, 1.807) is 0 Å². The second kappa shape index (κ2) is 6.10. The highest BCUT2D eigenvalue weighted by atomic mass is 16.5. The predicted octanol–water partition coefficient (Wildman–Crippen LogP) is -0.480. The lowest BCUT2D eigenvalue weighted by atomic mass is 9.83. The van der Waals surface area contributed by atoms with E-state index < -0.39 is 13.2 Å². The molecule has 6 heteroatoms. The van der Waals surface area contributed by atoms with Gasteiger partial charge < -0.3 is 20.5 Å². The molecular weight excluding hydrogens is 197 g/mol. The lowest BCUT2D eigenvalue weighted by Crippen LogP contribution is -2.33. The quantitative estimate of drug-likeness (QED) is 0.425. The first kappa shape index (κ1) is 12.5. The molecule has 0 heterocycles.